The van der Waals surface area contributed by atoms with Crippen molar-refractivity contribution in [1.82, 2.24) is 0 Å². The summed E-state index contributed by atoms with van der Waals surface area (Å²) in [5.74, 6) is 0.379. The van der Waals surface area contributed by atoms with Crippen LogP contribution in [0.15, 0.2) is 53.9 Å². The van der Waals surface area contributed by atoms with Crippen LogP contribution in [0.3, 0.4) is 0 Å². The summed E-state index contributed by atoms with van der Waals surface area (Å²) in [6.07, 6.45) is 0. The van der Waals surface area contributed by atoms with E-state index in [4.69, 9.17) is 25.7 Å². The highest BCUT2D eigenvalue weighted by atomic mass is 16.5. The summed E-state index contributed by atoms with van der Waals surface area (Å²) in [5.41, 5.74) is 14.4. The zero-order chi connectivity index (χ0) is 18.0. The summed E-state index contributed by atoms with van der Waals surface area (Å²) in [6.45, 7) is 1.99. The molecule has 1 atom stereocenters. The van der Waals surface area contributed by atoms with E-state index < -0.39 is 11.9 Å². The van der Waals surface area contributed by atoms with Gasteiger partial charge >= 0.3 is 5.97 Å². The Labute approximate surface area is 146 Å². The highest BCUT2D eigenvalue weighted by Gasteiger charge is 2.35. The van der Waals surface area contributed by atoms with E-state index in [0.29, 0.717) is 11.4 Å². The van der Waals surface area contributed by atoms with Crippen molar-refractivity contribution in [2.45, 2.75) is 12.8 Å². The van der Waals surface area contributed by atoms with Crippen LogP contribution in [0, 0.1) is 0 Å². The number of esters is 1. The van der Waals surface area contributed by atoms with Crippen molar-refractivity contribution >= 4 is 11.7 Å². The molecule has 6 nitrogen and oxygen atoms in total. The maximum Gasteiger partial charge on any atom is 0.340 e. The Hall–Kier alpha value is -3.15. The number of nitrogen functional groups attached to an aromatic ring is 1. The molecule has 1 heterocycles. The van der Waals surface area contributed by atoms with E-state index in [0.717, 1.165) is 16.9 Å². The molecule has 0 saturated heterocycles. The molecule has 3 rings (SSSR count). The molecule has 0 spiro atoms. The normalized spacial score (nSPS) is 16.0. The van der Waals surface area contributed by atoms with Crippen molar-refractivity contribution in [3.05, 3.63) is 65.0 Å². The number of carbonyl (C=O) groups excluding carboxylic acids is 1. The third-order valence-corrected chi connectivity index (χ3v) is 4.07. The summed E-state index contributed by atoms with van der Waals surface area (Å²) >= 11 is 0. The van der Waals surface area contributed by atoms with Gasteiger partial charge in [-0.15, -0.1) is 0 Å². The molecular weight excluding hydrogens is 320 g/mol. The Morgan fingerprint density at radius 3 is 2.52 bits per heavy atom. The lowest BCUT2D eigenvalue weighted by Gasteiger charge is -2.28. The molecule has 0 bridgehead atoms. The van der Waals surface area contributed by atoms with Crippen LogP contribution in [0.2, 0.25) is 0 Å². The Balaban J connectivity index is 2.15. The highest BCUT2D eigenvalue weighted by molar-refractivity contribution is 5.92. The average molecular weight is 340 g/mol. The SMILES string of the molecule is CCOC(=O)C1=C(N)Oc2cc(N)ccc2C1c1ccc(OC)cc1. The summed E-state index contributed by atoms with van der Waals surface area (Å²) in [7, 11) is 1.60. The zero-order valence-corrected chi connectivity index (χ0v) is 14.1. The molecule has 0 aromatic heterocycles. The topological polar surface area (TPSA) is 96.8 Å². The molecule has 6 heteroatoms. The van der Waals surface area contributed by atoms with Crippen LogP contribution < -0.4 is 20.9 Å². The first-order valence-electron chi connectivity index (χ1n) is 7.93. The van der Waals surface area contributed by atoms with Crippen molar-refractivity contribution < 1.29 is 19.0 Å². The van der Waals surface area contributed by atoms with Crippen LogP contribution >= 0.6 is 0 Å². The molecule has 1 unspecified atom stereocenters. The highest BCUT2D eigenvalue weighted by Crippen LogP contribution is 2.43. The number of carbonyl (C=O) groups is 1. The molecule has 1 aliphatic heterocycles. The van der Waals surface area contributed by atoms with Crippen LogP contribution in [0.4, 0.5) is 5.69 Å². The van der Waals surface area contributed by atoms with E-state index in [9.17, 15) is 4.79 Å². The standard InChI is InChI=1S/C19H20N2O4/c1-3-24-19(22)17-16(11-4-7-13(23-2)8-5-11)14-9-6-12(20)10-15(14)25-18(17)21/h4-10,16H,3,20-21H2,1-2H3. The van der Waals surface area contributed by atoms with Gasteiger partial charge in [-0.3, -0.25) is 0 Å². The molecule has 0 aliphatic carbocycles. The van der Waals surface area contributed by atoms with Gasteiger partial charge in [-0.25, -0.2) is 4.79 Å². The van der Waals surface area contributed by atoms with Crippen LogP contribution in [-0.4, -0.2) is 19.7 Å². The third-order valence-electron chi connectivity index (χ3n) is 4.07. The Bertz CT molecular complexity index is 828. The monoisotopic (exact) mass is 340 g/mol. The van der Waals surface area contributed by atoms with Gasteiger partial charge in [0.25, 0.3) is 0 Å². The predicted molar refractivity (Wildman–Crippen MR) is 94.2 cm³/mol. The van der Waals surface area contributed by atoms with Crippen molar-refractivity contribution in [3.8, 4) is 11.5 Å². The number of hydrogen-bond donors (Lipinski definition) is 2. The van der Waals surface area contributed by atoms with E-state index in [1.165, 1.54) is 0 Å². The van der Waals surface area contributed by atoms with Gasteiger partial charge in [0, 0.05) is 17.3 Å². The largest absolute Gasteiger partial charge is 0.497 e. The lowest BCUT2D eigenvalue weighted by Crippen LogP contribution is -2.27. The molecule has 25 heavy (non-hydrogen) atoms. The minimum Gasteiger partial charge on any atom is -0.497 e. The molecule has 0 radical (unpaired) electrons. The Morgan fingerprint density at radius 2 is 1.88 bits per heavy atom. The van der Waals surface area contributed by atoms with Crippen molar-refractivity contribution in [3.63, 3.8) is 0 Å². The second-order valence-electron chi connectivity index (χ2n) is 5.60. The number of rotatable bonds is 4. The molecule has 4 N–H and O–H groups in total. The molecule has 130 valence electrons. The third kappa shape index (κ3) is 3.10. The predicted octanol–water partition coefficient (Wildman–Crippen LogP) is 2.54. The van der Waals surface area contributed by atoms with Gasteiger partial charge in [0.05, 0.1) is 19.6 Å². The number of methoxy groups -OCH3 is 1. The molecular formula is C19H20N2O4. The number of nitrogens with two attached hydrogens (primary N) is 2. The minimum absolute atomic E-state index is 0.0253. The molecule has 1 aliphatic rings. The van der Waals surface area contributed by atoms with Gasteiger partial charge in [-0.2, -0.15) is 0 Å². The quantitative estimate of drug-likeness (QED) is 0.656. The lowest BCUT2D eigenvalue weighted by molar-refractivity contribution is -0.139. The molecule has 2 aromatic rings. The van der Waals surface area contributed by atoms with E-state index in [2.05, 4.69) is 0 Å². The first-order valence-corrected chi connectivity index (χ1v) is 7.93. The fraction of sp³-hybridized carbons (Fsp3) is 0.211. The first-order chi connectivity index (χ1) is 12.0. The van der Waals surface area contributed by atoms with Gasteiger partial charge in [0.2, 0.25) is 5.88 Å². The maximum atomic E-state index is 12.5. The lowest BCUT2D eigenvalue weighted by atomic mass is 9.83. The summed E-state index contributed by atoms with van der Waals surface area (Å²) in [5, 5.41) is 0. The summed E-state index contributed by atoms with van der Waals surface area (Å²) in [4.78, 5) is 12.5. The van der Waals surface area contributed by atoms with Gasteiger partial charge in [-0.05, 0) is 30.7 Å². The fourth-order valence-corrected chi connectivity index (χ4v) is 2.92. The van der Waals surface area contributed by atoms with Gasteiger partial charge < -0.3 is 25.7 Å². The van der Waals surface area contributed by atoms with Crippen LogP contribution in [0.5, 0.6) is 11.5 Å². The van der Waals surface area contributed by atoms with Gasteiger partial charge in [0.1, 0.15) is 17.1 Å². The van der Waals surface area contributed by atoms with Crippen LogP contribution in [-0.2, 0) is 9.53 Å². The van der Waals surface area contributed by atoms with E-state index in [1.54, 1.807) is 26.2 Å². The first kappa shape index (κ1) is 16.7. The molecule has 0 fully saturated rings. The second-order valence-corrected chi connectivity index (χ2v) is 5.60. The van der Waals surface area contributed by atoms with Gasteiger partial charge in [-0.1, -0.05) is 18.2 Å². The fourth-order valence-electron chi connectivity index (χ4n) is 2.92. The van der Waals surface area contributed by atoms with Crippen LogP contribution in [0.25, 0.3) is 0 Å². The van der Waals surface area contributed by atoms with E-state index in [1.807, 2.05) is 30.3 Å². The average Bonchev–Trinajstić information content (AvgIpc) is 2.60. The zero-order valence-electron chi connectivity index (χ0n) is 14.1. The minimum atomic E-state index is -0.497. The van der Waals surface area contributed by atoms with E-state index >= 15 is 0 Å². The Morgan fingerprint density at radius 1 is 1.16 bits per heavy atom. The number of benzene rings is 2. The molecule has 0 amide bonds. The summed E-state index contributed by atoms with van der Waals surface area (Å²) in [6, 6.07) is 12.7. The summed E-state index contributed by atoms with van der Waals surface area (Å²) < 4.78 is 16.0. The molecule has 0 saturated carbocycles. The van der Waals surface area contributed by atoms with Crippen molar-refractivity contribution in [1.29, 1.82) is 0 Å². The number of hydrogen-bond acceptors (Lipinski definition) is 6. The smallest absolute Gasteiger partial charge is 0.340 e. The Kier molecular flexibility index (Phi) is 4.52. The molecule has 2 aromatic carbocycles. The maximum absolute atomic E-state index is 12.5. The van der Waals surface area contributed by atoms with Crippen LogP contribution in [0.1, 0.15) is 24.0 Å². The van der Waals surface area contributed by atoms with Gasteiger partial charge in [0.15, 0.2) is 0 Å². The number of fused-ring (bicyclic) bond motifs is 1. The number of anilines is 1. The van der Waals surface area contributed by atoms with Crippen molar-refractivity contribution in [2.24, 2.45) is 5.73 Å². The van der Waals surface area contributed by atoms with Crippen molar-refractivity contribution in [2.75, 3.05) is 19.5 Å². The van der Waals surface area contributed by atoms with E-state index in [-0.39, 0.29) is 18.1 Å². The second kappa shape index (κ2) is 6.76. The number of ether oxygens (including phenoxy) is 3.